The van der Waals surface area contributed by atoms with Crippen LogP contribution in [0.25, 0.3) is 11.0 Å². The number of ether oxygens (including phenoxy) is 3. The van der Waals surface area contributed by atoms with Crippen LogP contribution in [0.5, 0.6) is 17.2 Å². The molecule has 1 aromatic heterocycles. The molecule has 2 heterocycles. The summed E-state index contributed by atoms with van der Waals surface area (Å²) in [4.78, 5) is 23.0. The number of hydrogen-bond donors (Lipinski definition) is 0. The molecule has 0 saturated carbocycles. The molecule has 3 aromatic rings. The van der Waals surface area contributed by atoms with E-state index in [0.717, 1.165) is 0 Å². The van der Waals surface area contributed by atoms with Crippen LogP contribution in [0.15, 0.2) is 40.8 Å². The Balaban J connectivity index is 1.99. The highest BCUT2D eigenvalue weighted by Crippen LogP contribution is 2.47. The minimum atomic E-state index is -0.819. The number of fused-ring (bicyclic) bond motifs is 2. The van der Waals surface area contributed by atoms with Crippen LogP contribution in [0.1, 0.15) is 17.0 Å². The summed E-state index contributed by atoms with van der Waals surface area (Å²) in [6.45, 7) is 0. The highest BCUT2D eigenvalue weighted by atomic mass is 16.6. The van der Waals surface area contributed by atoms with Crippen LogP contribution in [0.3, 0.4) is 0 Å². The standard InChI is InChI=1S/C18H13NO7/c1-23-11-7-6-9(17-10(11)8-14(26-17)19(21)22)15-16-12(24-2)4-3-5-13(16)25-18(15)20/h3-8,15H,1-2H3. The van der Waals surface area contributed by atoms with Gasteiger partial charge in [-0.2, -0.15) is 0 Å². The Labute approximate surface area is 147 Å². The van der Waals surface area contributed by atoms with E-state index in [9.17, 15) is 14.9 Å². The first-order valence-corrected chi connectivity index (χ1v) is 7.68. The third-order valence-corrected chi connectivity index (χ3v) is 4.35. The Morgan fingerprint density at radius 3 is 2.58 bits per heavy atom. The van der Waals surface area contributed by atoms with Gasteiger partial charge in [-0.15, -0.1) is 0 Å². The molecule has 0 spiro atoms. The Kier molecular flexibility index (Phi) is 3.54. The molecule has 0 saturated heterocycles. The fourth-order valence-corrected chi connectivity index (χ4v) is 3.24. The van der Waals surface area contributed by atoms with Crippen LogP contribution in [-0.4, -0.2) is 25.1 Å². The maximum atomic E-state index is 12.6. The number of nitro groups is 1. The van der Waals surface area contributed by atoms with Gasteiger partial charge in [0.1, 0.15) is 33.7 Å². The van der Waals surface area contributed by atoms with Gasteiger partial charge >= 0.3 is 11.9 Å². The first-order valence-electron chi connectivity index (χ1n) is 7.68. The number of nitrogens with zero attached hydrogens (tertiary/aromatic N) is 1. The molecule has 0 N–H and O–H groups in total. The van der Waals surface area contributed by atoms with E-state index in [1.165, 1.54) is 20.3 Å². The smallest absolute Gasteiger partial charge is 0.434 e. The summed E-state index contributed by atoms with van der Waals surface area (Å²) in [6.07, 6.45) is 0. The molecule has 1 aliphatic heterocycles. The monoisotopic (exact) mass is 355 g/mol. The van der Waals surface area contributed by atoms with E-state index in [-0.39, 0.29) is 5.58 Å². The molecule has 8 nitrogen and oxygen atoms in total. The SMILES string of the molecule is COc1cccc2c1C(c1ccc(OC)c3cc([N+](=O)[O-])oc13)C(=O)O2. The van der Waals surface area contributed by atoms with Gasteiger partial charge in [0.05, 0.1) is 31.2 Å². The van der Waals surface area contributed by atoms with Crippen molar-refractivity contribution >= 4 is 22.8 Å². The second-order valence-corrected chi connectivity index (χ2v) is 5.67. The molecular weight excluding hydrogens is 342 g/mol. The Morgan fingerprint density at radius 1 is 1.12 bits per heavy atom. The van der Waals surface area contributed by atoms with Gasteiger partial charge in [0.2, 0.25) is 0 Å². The van der Waals surface area contributed by atoms with E-state index < -0.39 is 22.7 Å². The van der Waals surface area contributed by atoms with Crippen LogP contribution < -0.4 is 14.2 Å². The second kappa shape index (κ2) is 5.76. The second-order valence-electron chi connectivity index (χ2n) is 5.67. The number of furan rings is 1. The van der Waals surface area contributed by atoms with Crippen molar-refractivity contribution in [2.45, 2.75) is 5.92 Å². The van der Waals surface area contributed by atoms with Crippen LogP contribution >= 0.6 is 0 Å². The van der Waals surface area contributed by atoms with E-state index in [1.807, 2.05) is 0 Å². The molecule has 0 fully saturated rings. The molecule has 4 rings (SSSR count). The van der Waals surface area contributed by atoms with Crippen LogP contribution in [0, 0.1) is 10.1 Å². The van der Waals surface area contributed by atoms with E-state index in [0.29, 0.717) is 33.8 Å². The molecule has 0 bridgehead atoms. The lowest BCUT2D eigenvalue weighted by Crippen LogP contribution is -2.12. The lowest BCUT2D eigenvalue weighted by Gasteiger charge is -2.12. The quantitative estimate of drug-likeness (QED) is 0.306. The molecule has 0 aliphatic carbocycles. The highest BCUT2D eigenvalue weighted by molar-refractivity contribution is 5.97. The summed E-state index contributed by atoms with van der Waals surface area (Å²) >= 11 is 0. The van der Waals surface area contributed by atoms with E-state index >= 15 is 0 Å². The minimum absolute atomic E-state index is 0.205. The molecule has 1 aliphatic rings. The molecule has 1 atom stereocenters. The van der Waals surface area contributed by atoms with E-state index in [1.54, 1.807) is 30.3 Å². The largest absolute Gasteiger partial charge is 0.496 e. The summed E-state index contributed by atoms with van der Waals surface area (Å²) in [5, 5.41) is 11.5. The van der Waals surface area contributed by atoms with Gasteiger partial charge in [0.15, 0.2) is 0 Å². The Morgan fingerprint density at radius 2 is 1.88 bits per heavy atom. The van der Waals surface area contributed by atoms with Crippen molar-refractivity contribution in [2.24, 2.45) is 0 Å². The van der Waals surface area contributed by atoms with Crippen molar-refractivity contribution in [1.29, 1.82) is 0 Å². The van der Waals surface area contributed by atoms with Gasteiger partial charge in [-0.05, 0) is 18.2 Å². The van der Waals surface area contributed by atoms with Crippen molar-refractivity contribution < 1.29 is 28.3 Å². The zero-order chi connectivity index (χ0) is 18.4. The number of hydrogen-bond acceptors (Lipinski definition) is 7. The molecule has 0 radical (unpaired) electrons. The predicted molar refractivity (Wildman–Crippen MR) is 89.9 cm³/mol. The van der Waals surface area contributed by atoms with Gasteiger partial charge in [-0.1, -0.05) is 12.1 Å². The lowest BCUT2D eigenvalue weighted by atomic mass is 9.90. The van der Waals surface area contributed by atoms with Crippen molar-refractivity contribution in [1.82, 2.24) is 0 Å². The summed E-state index contributed by atoms with van der Waals surface area (Å²) in [5.74, 6) is -0.465. The van der Waals surface area contributed by atoms with Gasteiger partial charge in [-0.3, -0.25) is 14.9 Å². The van der Waals surface area contributed by atoms with E-state index in [4.69, 9.17) is 18.6 Å². The number of esters is 1. The van der Waals surface area contributed by atoms with Gasteiger partial charge in [-0.25, -0.2) is 0 Å². The fourth-order valence-electron chi connectivity index (χ4n) is 3.24. The minimum Gasteiger partial charge on any atom is -0.496 e. The third kappa shape index (κ3) is 2.19. The van der Waals surface area contributed by atoms with Gasteiger partial charge < -0.3 is 18.6 Å². The first-order chi connectivity index (χ1) is 12.5. The van der Waals surface area contributed by atoms with Gasteiger partial charge in [0, 0.05) is 5.56 Å². The number of rotatable bonds is 4. The van der Waals surface area contributed by atoms with Gasteiger partial charge in [0.25, 0.3) is 0 Å². The number of carbonyl (C=O) groups is 1. The summed E-state index contributed by atoms with van der Waals surface area (Å²) in [6, 6.07) is 9.66. The summed E-state index contributed by atoms with van der Waals surface area (Å²) < 4.78 is 21.4. The molecule has 8 heteroatoms. The number of benzene rings is 2. The first kappa shape index (κ1) is 15.9. The normalized spacial score (nSPS) is 15.6. The molecule has 26 heavy (non-hydrogen) atoms. The van der Waals surface area contributed by atoms with Crippen LogP contribution in [0.4, 0.5) is 5.88 Å². The third-order valence-electron chi connectivity index (χ3n) is 4.35. The van der Waals surface area contributed by atoms with E-state index in [2.05, 4.69) is 0 Å². The molecule has 1 unspecified atom stereocenters. The maximum Gasteiger partial charge on any atom is 0.434 e. The highest BCUT2D eigenvalue weighted by Gasteiger charge is 2.39. The van der Waals surface area contributed by atoms with Crippen molar-refractivity contribution in [2.75, 3.05) is 14.2 Å². The molecule has 2 aromatic carbocycles. The molecule has 0 amide bonds. The van der Waals surface area contributed by atoms with Crippen molar-refractivity contribution in [3.8, 4) is 17.2 Å². The fraction of sp³-hybridized carbons (Fsp3) is 0.167. The number of carbonyl (C=O) groups excluding carboxylic acids is 1. The summed E-state index contributed by atoms with van der Waals surface area (Å²) in [7, 11) is 2.95. The summed E-state index contributed by atoms with van der Waals surface area (Å²) in [5.41, 5.74) is 1.21. The number of methoxy groups -OCH3 is 2. The van der Waals surface area contributed by atoms with Crippen LogP contribution in [0.2, 0.25) is 0 Å². The average Bonchev–Trinajstić information content (AvgIpc) is 3.22. The zero-order valence-corrected chi connectivity index (χ0v) is 13.8. The average molecular weight is 355 g/mol. The topological polar surface area (TPSA) is 101 Å². The lowest BCUT2D eigenvalue weighted by molar-refractivity contribution is -0.401. The molecular formula is C18H13NO7. The van der Waals surface area contributed by atoms with Crippen LogP contribution in [-0.2, 0) is 4.79 Å². The van der Waals surface area contributed by atoms with Crippen molar-refractivity contribution in [3.63, 3.8) is 0 Å². The maximum absolute atomic E-state index is 12.6. The Bertz CT molecular complexity index is 1050. The zero-order valence-electron chi connectivity index (χ0n) is 13.8. The van der Waals surface area contributed by atoms with Crippen molar-refractivity contribution in [3.05, 3.63) is 57.6 Å². The molecule has 132 valence electrons. The Hall–Kier alpha value is -3.55. The predicted octanol–water partition coefficient (Wildman–Crippen LogP) is 3.41.